The second-order valence-corrected chi connectivity index (χ2v) is 4.32. The fourth-order valence-corrected chi connectivity index (χ4v) is 1.16. The highest BCUT2D eigenvalue weighted by Gasteiger charge is 2.16. The van der Waals surface area contributed by atoms with Gasteiger partial charge in [0.2, 0.25) is 0 Å². The lowest BCUT2D eigenvalue weighted by Crippen LogP contribution is -2.32. The summed E-state index contributed by atoms with van der Waals surface area (Å²) in [7, 11) is 0. The molecule has 0 aliphatic carbocycles. The molecule has 0 bridgehead atoms. The zero-order valence-corrected chi connectivity index (χ0v) is 9.36. The number of nitrogens with zero attached hydrogens (tertiary/aromatic N) is 1. The van der Waals surface area contributed by atoms with Crippen molar-refractivity contribution in [2.24, 2.45) is 0 Å². The van der Waals surface area contributed by atoms with Gasteiger partial charge in [0, 0.05) is 0 Å². The molecule has 0 saturated carbocycles. The molecule has 1 radical (unpaired) electrons. The Hall–Kier alpha value is -1.35. The predicted molar refractivity (Wildman–Crippen MR) is 58.5 cm³/mol. The predicted octanol–water partition coefficient (Wildman–Crippen LogP) is 2.29. The third kappa shape index (κ3) is 4.61. The van der Waals surface area contributed by atoms with Crippen molar-refractivity contribution in [2.45, 2.75) is 32.9 Å². The smallest absolute Gasteiger partial charge is 0.264 e. The van der Waals surface area contributed by atoms with Gasteiger partial charge < -0.3 is 0 Å². The summed E-state index contributed by atoms with van der Waals surface area (Å²) in [6.07, 6.45) is 1.77. The number of rotatable bonds is 4. The monoisotopic (exact) mass is 206 g/mol. The van der Waals surface area contributed by atoms with Crippen LogP contribution in [0.4, 0.5) is 0 Å². The van der Waals surface area contributed by atoms with E-state index < -0.39 is 0 Å². The highest BCUT2D eigenvalue weighted by molar-refractivity contribution is 5.46. The number of amides is 1. The molecule has 0 aliphatic heterocycles. The average Bonchev–Trinajstić information content (AvgIpc) is 2.16. The lowest BCUT2D eigenvalue weighted by atomic mass is 10.2. The SMILES string of the molecule is CC(C)(C)ON([C]=O)Cc1ccccc1. The summed E-state index contributed by atoms with van der Waals surface area (Å²) in [6, 6.07) is 9.67. The molecular weight excluding hydrogens is 190 g/mol. The molecule has 3 nitrogen and oxygen atoms in total. The molecule has 0 N–H and O–H groups in total. The second kappa shape index (κ2) is 4.94. The largest absolute Gasteiger partial charge is 0.338 e. The van der Waals surface area contributed by atoms with E-state index in [0.29, 0.717) is 6.54 Å². The van der Waals surface area contributed by atoms with Crippen LogP contribution in [-0.2, 0) is 16.2 Å². The van der Waals surface area contributed by atoms with Crippen molar-refractivity contribution in [2.75, 3.05) is 0 Å². The first-order valence-corrected chi connectivity index (χ1v) is 4.89. The molecule has 0 heterocycles. The van der Waals surface area contributed by atoms with E-state index in [4.69, 9.17) is 4.84 Å². The summed E-state index contributed by atoms with van der Waals surface area (Å²) in [5.41, 5.74) is 0.636. The van der Waals surface area contributed by atoms with Crippen LogP contribution in [0.3, 0.4) is 0 Å². The molecule has 0 fully saturated rings. The molecule has 81 valence electrons. The minimum absolute atomic E-state index is 0.383. The Morgan fingerprint density at radius 2 is 1.87 bits per heavy atom. The number of benzene rings is 1. The molecule has 1 aromatic rings. The molecular formula is C12H16NO2. The molecule has 0 aliphatic rings. The molecule has 1 rings (SSSR count). The number of hydrogen-bond donors (Lipinski definition) is 0. The maximum absolute atomic E-state index is 10.7. The molecule has 0 saturated heterocycles. The van der Waals surface area contributed by atoms with Crippen molar-refractivity contribution >= 4 is 6.41 Å². The van der Waals surface area contributed by atoms with Crippen molar-refractivity contribution in [3.8, 4) is 0 Å². The first-order chi connectivity index (χ1) is 7.01. The normalized spacial score (nSPS) is 11.1. The molecule has 1 amide bonds. The van der Waals surface area contributed by atoms with E-state index in [1.54, 1.807) is 6.41 Å². The van der Waals surface area contributed by atoms with E-state index >= 15 is 0 Å². The first-order valence-electron chi connectivity index (χ1n) is 4.89. The topological polar surface area (TPSA) is 29.5 Å². The van der Waals surface area contributed by atoms with Crippen molar-refractivity contribution < 1.29 is 9.63 Å². The van der Waals surface area contributed by atoms with Crippen molar-refractivity contribution in [1.82, 2.24) is 5.06 Å². The van der Waals surface area contributed by atoms with Gasteiger partial charge in [-0.1, -0.05) is 30.3 Å². The highest BCUT2D eigenvalue weighted by atomic mass is 16.7. The molecule has 0 unspecified atom stereocenters. The van der Waals surface area contributed by atoms with Gasteiger partial charge in [-0.25, -0.2) is 5.06 Å². The molecule has 1 aromatic carbocycles. The Balaban J connectivity index is 2.59. The molecule has 0 aromatic heterocycles. The van der Waals surface area contributed by atoms with E-state index in [-0.39, 0.29) is 5.60 Å². The van der Waals surface area contributed by atoms with E-state index in [2.05, 4.69) is 0 Å². The number of hydrogen-bond acceptors (Lipinski definition) is 2. The van der Waals surface area contributed by atoms with Crippen molar-refractivity contribution in [3.05, 3.63) is 35.9 Å². The first kappa shape index (κ1) is 11.7. The van der Waals surface area contributed by atoms with Gasteiger partial charge in [-0.2, -0.15) is 0 Å². The van der Waals surface area contributed by atoms with E-state index in [9.17, 15) is 4.79 Å². The van der Waals surface area contributed by atoms with Gasteiger partial charge in [-0.15, -0.1) is 0 Å². The van der Waals surface area contributed by atoms with Gasteiger partial charge in [-0.3, -0.25) is 9.63 Å². The van der Waals surface area contributed by atoms with Crippen LogP contribution in [0.1, 0.15) is 26.3 Å². The zero-order chi connectivity index (χ0) is 11.3. The van der Waals surface area contributed by atoms with E-state index in [1.165, 1.54) is 5.06 Å². The average molecular weight is 206 g/mol. The third-order valence-corrected chi connectivity index (χ3v) is 1.65. The van der Waals surface area contributed by atoms with Crippen LogP contribution in [-0.4, -0.2) is 17.1 Å². The maximum Gasteiger partial charge on any atom is 0.338 e. The summed E-state index contributed by atoms with van der Waals surface area (Å²) >= 11 is 0. The minimum atomic E-state index is -0.383. The lowest BCUT2D eigenvalue weighted by Gasteiger charge is -2.25. The van der Waals surface area contributed by atoms with Gasteiger partial charge in [0.1, 0.15) is 0 Å². The molecule has 3 heteroatoms. The summed E-state index contributed by atoms with van der Waals surface area (Å²) in [6.45, 7) is 6.09. The van der Waals surface area contributed by atoms with Crippen molar-refractivity contribution in [1.29, 1.82) is 0 Å². The quantitative estimate of drug-likeness (QED) is 0.558. The van der Waals surface area contributed by atoms with Crippen LogP contribution in [0.2, 0.25) is 0 Å². The summed E-state index contributed by atoms with van der Waals surface area (Å²) in [5, 5.41) is 1.19. The van der Waals surface area contributed by atoms with Gasteiger partial charge in [0.05, 0.1) is 12.1 Å². The lowest BCUT2D eigenvalue weighted by molar-refractivity contribution is -0.187. The molecule has 15 heavy (non-hydrogen) atoms. The number of carbonyl (C=O) groups excluding carboxylic acids is 1. The van der Waals surface area contributed by atoms with Crippen LogP contribution in [0, 0.1) is 0 Å². The van der Waals surface area contributed by atoms with Gasteiger partial charge in [0.25, 0.3) is 0 Å². The minimum Gasteiger partial charge on any atom is -0.264 e. The molecule has 0 atom stereocenters. The summed E-state index contributed by atoms with van der Waals surface area (Å²) < 4.78 is 0. The van der Waals surface area contributed by atoms with Crippen LogP contribution in [0.25, 0.3) is 0 Å². The highest BCUT2D eigenvalue weighted by Crippen LogP contribution is 2.11. The Kier molecular flexibility index (Phi) is 3.86. The zero-order valence-electron chi connectivity index (χ0n) is 9.36. The number of hydroxylamine groups is 2. The van der Waals surface area contributed by atoms with Crippen LogP contribution in [0.5, 0.6) is 0 Å². The summed E-state index contributed by atoms with van der Waals surface area (Å²) in [4.78, 5) is 16.1. The van der Waals surface area contributed by atoms with E-state index in [0.717, 1.165) is 5.56 Å². The Morgan fingerprint density at radius 3 is 2.33 bits per heavy atom. The van der Waals surface area contributed by atoms with Crippen molar-refractivity contribution in [3.63, 3.8) is 0 Å². The fraction of sp³-hybridized carbons (Fsp3) is 0.417. The molecule has 0 spiro atoms. The summed E-state index contributed by atoms with van der Waals surface area (Å²) in [5.74, 6) is 0. The van der Waals surface area contributed by atoms with Crippen LogP contribution >= 0.6 is 0 Å². The maximum atomic E-state index is 10.7. The standard InChI is InChI=1S/C12H16NO2/c1-12(2,3)15-13(10-14)9-11-7-5-4-6-8-11/h4-8H,9H2,1-3H3. The van der Waals surface area contributed by atoms with E-state index in [1.807, 2.05) is 51.1 Å². The Labute approximate surface area is 90.6 Å². The Bertz CT molecular complexity index is 303. The van der Waals surface area contributed by atoms with Gasteiger partial charge in [0.15, 0.2) is 0 Å². The van der Waals surface area contributed by atoms with Gasteiger partial charge in [-0.05, 0) is 26.3 Å². The van der Waals surface area contributed by atoms with Crippen LogP contribution < -0.4 is 0 Å². The third-order valence-electron chi connectivity index (χ3n) is 1.65. The van der Waals surface area contributed by atoms with Gasteiger partial charge >= 0.3 is 6.41 Å². The second-order valence-electron chi connectivity index (χ2n) is 4.32. The fourth-order valence-electron chi connectivity index (χ4n) is 1.16. The Morgan fingerprint density at radius 1 is 1.27 bits per heavy atom. The van der Waals surface area contributed by atoms with Crippen LogP contribution in [0.15, 0.2) is 30.3 Å².